The highest BCUT2D eigenvalue weighted by Crippen LogP contribution is 2.20. The van der Waals surface area contributed by atoms with Crippen molar-refractivity contribution in [1.82, 2.24) is 0 Å². The number of primary amides is 1. The smallest absolute Gasteiger partial charge is 0.442 e. The van der Waals surface area contributed by atoms with E-state index in [4.69, 9.17) is 10.3 Å². The summed E-state index contributed by atoms with van der Waals surface area (Å²) in [6.07, 6.45) is 0.880. The van der Waals surface area contributed by atoms with Gasteiger partial charge < -0.3 is 4.74 Å². The van der Waals surface area contributed by atoms with Gasteiger partial charge in [0.2, 0.25) is 0 Å². The number of carbonyl (C=O) groups excluding carboxylic acids is 1. The predicted molar refractivity (Wildman–Crippen MR) is 76.9 cm³/mol. The van der Waals surface area contributed by atoms with Crippen molar-refractivity contribution in [2.45, 2.75) is 20.3 Å². The number of amides is 2. The van der Waals surface area contributed by atoms with Gasteiger partial charge in [0.05, 0.1) is 12.2 Å². The first-order chi connectivity index (χ1) is 9.62. The van der Waals surface area contributed by atoms with Gasteiger partial charge in [-0.15, -0.1) is 5.01 Å². The summed E-state index contributed by atoms with van der Waals surface area (Å²) in [5.74, 6) is 0.695. The van der Waals surface area contributed by atoms with Crippen LogP contribution in [0.25, 0.3) is 0 Å². The predicted octanol–water partition coefficient (Wildman–Crippen LogP) is 2.49. The Labute approximate surface area is 118 Å². The number of nitrogens with two attached hydrogens (primary N) is 1. The maximum atomic E-state index is 11.7. The van der Waals surface area contributed by atoms with Gasteiger partial charge in [-0.3, -0.25) is 5.32 Å². The summed E-state index contributed by atoms with van der Waals surface area (Å²) in [6.45, 7) is 8.83. The van der Waals surface area contributed by atoms with Crippen molar-refractivity contribution in [3.05, 3.63) is 36.4 Å². The van der Waals surface area contributed by atoms with Crippen molar-refractivity contribution in [2.24, 2.45) is 5.22 Å². The Hall–Kier alpha value is -2.21. The van der Waals surface area contributed by atoms with Crippen molar-refractivity contribution >= 4 is 11.7 Å². The van der Waals surface area contributed by atoms with E-state index in [0.29, 0.717) is 24.6 Å². The number of benzene rings is 1. The molecule has 1 aromatic carbocycles. The molecule has 20 heavy (non-hydrogen) atoms. The summed E-state index contributed by atoms with van der Waals surface area (Å²) >= 11 is 0. The molecule has 0 unspecified atom stereocenters. The second-order valence-electron chi connectivity index (χ2n) is 4.25. The van der Waals surface area contributed by atoms with Crippen LogP contribution in [0.15, 0.2) is 41.6 Å². The van der Waals surface area contributed by atoms with Gasteiger partial charge in [-0.25, -0.2) is 4.79 Å². The first-order valence-corrected chi connectivity index (χ1v) is 6.56. The highest BCUT2D eigenvalue weighted by atomic mass is 16.5. The van der Waals surface area contributed by atoms with Crippen LogP contribution in [0, 0.1) is 5.53 Å². The lowest BCUT2D eigenvalue weighted by Crippen LogP contribution is -2.90. The number of hydrogen-bond acceptors (Lipinski definition) is 4. The van der Waals surface area contributed by atoms with Crippen LogP contribution in [0.3, 0.4) is 0 Å². The van der Waals surface area contributed by atoms with Crippen molar-refractivity contribution in [2.75, 3.05) is 18.2 Å². The van der Waals surface area contributed by atoms with Crippen LogP contribution in [0.2, 0.25) is 0 Å². The topological polar surface area (TPSA) is 82.4 Å². The van der Waals surface area contributed by atoms with Gasteiger partial charge in [-0.1, -0.05) is 18.7 Å². The quantitative estimate of drug-likeness (QED) is 0.456. The van der Waals surface area contributed by atoms with Crippen LogP contribution in [0.1, 0.15) is 20.3 Å². The summed E-state index contributed by atoms with van der Waals surface area (Å²) in [5, 5.41) is 5.76. The van der Waals surface area contributed by atoms with Crippen molar-refractivity contribution < 1.29 is 14.8 Å². The van der Waals surface area contributed by atoms with E-state index in [1.54, 1.807) is 24.3 Å². The fourth-order valence-electron chi connectivity index (χ4n) is 1.47. The first-order valence-electron chi connectivity index (χ1n) is 6.56. The van der Waals surface area contributed by atoms with E-state index in [2.05, 4.69) is 11.8 Å². The van der Waals surface area contributed by atoms with E-state index in [9.17, 15) is 4.79 Å². The summed E-state index contributed by atoms with van der Waals surface area (Å²) in [5.41, 5.74) is 8.65. The molecule has 2 amide bonds. The average molecular weight is 277 g/mol. The van der Waals surface area contributed by atoms with Crippen LogP contribution < -0.4 is 15.1 Å². The monoisotopic (exact) mass is 277 g/mol. The minimum Gasteiger partial charge on any atom is -0.489 e. The van der Waals surface area contributed by atoms with Crippen LogP contribution in [0.4, 0.5) is 10.5 Å². The van der Waals surface area contributed by atoms with E-state index in [1.807, 2.05) is 13.8 Å². The third kappa shape index (κ3) is 4.47. The van der Waals surface area contributed by atoms with Crippen LogP contribution >= 0.6 is 0 Å². The normalized spacial score (nSPS) is 9.90. The van der Waals surface area contributed by atoms with Gasteiger partial charge in [-0.2, -0.15) is 5.53 Å². The second kappa shape index (κ2) is 8.06. The molecule has 6 nitrogen and oxygen atoms in total. The highest BCUT2D eigenvalue weighted by Gasteiger charge is 2.18. The molecule has 0 bridgehead atoms. The summed E-state index contributed by atoms with van der Waals surface area (Å²) < 4.78 is 5.55. The van der Waals surface area contributed by atoms with Crippen molar-refractivity contribution in [3.63, 3.8) is 0 Å². The number of urea groups is 1. The molecule has 0 heterocycles. The Morgan fingerprint density at radius 1 is 1.40 bits per heavy atom. The lowest BCUT2D eigenvalue weighted by Gasteiger charge is -2.13. The number of ether oxygens (including phenoxy) is 1. The third-order valence-electron chi connectivity index (χ3n) is 2.71. The van der Waals surface area contributed by atoms with E-state index < -0.39 is 0 Å². The average Bonchev–Trinajstić information content (AvgIpc) is 2.47. The molecule has 0 spiro atoms. The van der Waals surface area contributed by atoms with Gasteiger partial charge in [0.1, 0.15) is 12.4 Å². The maximum Gasteiger partial charge on any atom is 0.442 e. The van der Waals surface area contributed by atoms with Gasteiger partial charge >= 0.3 is 6.03 Å². The number of hydrogen-bond donors (Lipinski definition) is 2. The molecule has 0 fully saturated rings. The zero-order chi connectivity index (χ0) is 15.0. The maximum absolute atomic E-state index is 11.7. The molecular weight excluding hydrogens is 256 g/mol. The Kier molecular flexibility index (Phi) is 6.39. The minimum absolute atomic E-state index is 0.310. The van der Waals surface area contributed by atoms with E-state index in [-0.39, 0.29) is 6.03 Å². The molecule has 0 saturated carbocycles. The van der Waals surface area contributed by atoms with Gasteiger partial charge in [0.15, 0.2) is 0 Å². The van der Waals surface area contributed by atoms with Crippen LogP contribution in [0.5, 0.6) is 5.75 Å². The molecule has 0 aromatic heterocycles. The zero-order valence-electron chi connectivity index (χ0n) is 11.9. The lowest BCUT2D eigenvalue weighted by molar-refractivity contribution is -0.550. The molecule has 3 N–H and O–H groups in total. The van der Waals surface area contributed by atoms with Crippen LogP contribution in [-0.4, -0.2) is 19.2 Å². The molecule has 0 aliphatic heterocycles. The van der Waals surface area contributed by atoms with E-state index in [1.165, 1.54) is 5.32 Å². The molecule has 0 aliphatic rings. The number of nitrogens with zero attached hydrogens (tertiary/aromatic N) is 2. The van der Waals surface area contributed by atoms with E-state index in [0.717, 1.165) is 17.0 Å². The molecule has 108 valence electrons. The van der Waals surface area contributed by atoms with Gasteiger partial charge in [0.25, 0.3) is 0 Å². The summed E-state index contributed by atoms with van der Waals surface area (Å²) in [7, 11) is 0. The van der Waals surface area contributed by atoms with Crippen molar-refractivity contribution in [3.8, 4) is 5.75 Å². The molecule has 0 aliphatic carbocycles. The fraction of sp³-hybridized carbons (Fsp3) is 0.357. The third-order valence-corrected chi connectivity index (χ3v) is 2.71. The summed E-state index contributed by atoms with van der Waals surface area (Å²) in [4.78, 5) is 11.7. The number of rotatable bonds is 7. The number of nitrogens with one attached hydrogen (secondary N) is 1. The summed E-state index contributed by atoms with van der Waals surface area (Å²) in [6, 6.07) is 6.58. The fourth-order valence-corrected chi connectivity index (χ4v) is 1.47. The second-order valence-corrected chi connectivity index (χ2v) is 4.25. The Morgan fingerprint density at radius 2 is 2.05 bits per heavy atom. The Bertz CT molecular complexity index is 471. The molecule has 0 radical (unpaired) electrons. The highest BCUT2D eigenvalue weighted by molar-refractivity contribution is 5.83. The molecule has 6 heteroatoms. The Morgan fingerprint density at radius 3 is 2.55 bits per heavy atom. The molecule has 1 rings (SSSR count). The van der Waals surface area contributed by atoms with Crippen LogP contribution in [-0.2, 0) is 0 Å². The van der Waals surface area contributed by atoms with Crippen molar-refractivity contribution in [1.29, 1.82) is 5.53 Å². The molecular formula is C14H21N4O2+. The van der Waals surface area contributed by atoms with Gasteiger partial charge in [0, 0.05) is 0 Å². The molecule has 0 atom stereocenters. The zero-order valence-corrected chi connectivity index (χ0v) is 11.9. The standard InChI is InChI=1S/C14H20N4O2/c1-4-11(3)10-20-13-8-6-12(7-9-13)18(17-15)14(19)16-5-2/h6-9,15H,3-5,10H2,1-2H3,(H,16,19)/p+1. The molecule has 1 aromatic rings. The number of carbonyl (C=O) groups is 1. The SMILES string of the molecule is C=C(CC)COc1ccc(N(N=N)C(=O)[NH2+]CC)cc1. The number of anilines is 1. The van der Waals surface area contributed by atoms with E-state index >= 15 is 0 Å². The molecule has 0 saturated heterocycles. The minimum atomic E-state index is -0.310. The van der Waals surface area contributed by atoms with Gasteiger partial charge in [-0.05, 0) is 43.2 Å². The largest absolute Gasteiger partial charge is 0.489 e. The number of quaternary nitrogens is 1. The first kappa shape index (κ1) is 15.8. The Balaban J connectivity index is 2.71. The lowest BCUT2D eigenvalue weighted by atomic mass is 10.2.